The second kappa shape index (κ2) is 8.61. The van der Waals surface area contributed by atoms with E-state index in [2.05, 4.69) is 16.8 Å². The predicted octanol–water partition coefficient (Wildman–Crippen LogP) is 3.24. The van der Waals surface area contributed by atoms with Gasteiger partial charge in [-0.25, -0.2) is 0 Å². The minimum atomic E-state index is -0.151. The van der Waals surface area contributed by atoms with E-state index >= 15 is 0 Å². The first-order valence-electron chi connectivity index (χ1n) is 10.3. The SMILES string of the molecule is COc1ccc(-c2c(C)oc3c(CN4CCN(C)CC4)c(O)c(OC)cc3c2=O)cc1. The number of fused-ring (bicyclic) bond motifs is 1. The van der Waals surface area contributed by atoms with Gasteiger partial charge in [0.1, 0.15) is 17.1 Å². The topological polar surface area (TPSA) is 75.4 Å². The molecule has 1 aliphatic rings. The molecule has 164 valence electrons. The molecule has 3 aromatic rings. The van der Waals surface area contributed by atoms with Crippen LogP contribution in [0.4, 0.5) is 0 Å². The summed E-state index contributed by atoms with van der Waals surface area (Å²) >= 11 is 0. The Bertz CT molecular complexity index is 1150. The van der Waals surface area contributed by atoms with Gasteiger partial charge in [0.05, 0.1) is 30.7 Å². The number of phenols is 1. The molecule has 0 bridgehead atoms. The number of aromatic hydroxyl groups is 1. The van der Waals surface area contributed by atoms with Gasteiger partial charge < -0.3 is 23.9 Å². The van der Waals surface area contributed by atoms with Crippen LogP contribution in [0.2, 0.25) is 0 Å². The summed E-state index contributed by atoms with van der Waals surface area (Å²) in [5, 5.41) is 11.3. The normalized spacial score (nSPS) is 15.4. The Hall–Kier alpha value is -3.03. The molecule has 7 heteroatoms. The molecule has 7 nitrogen and oxygen atoms in total. The first-order chi connectivity index (χ1) is 14.9. The molecule has 1 aliphatic heterocycles. The van der Waals surface area contributed by atoms with Crippen molar-refractivity contribution < 1.29 is 19.0 Å². The first-order valence-corrected chi connectivity index (χ1v) is 10.3. The summed E-state index contributed by atoms with van der Waals surface area (Å²) in [5.41, 5.74) is 2.09. The van der Waals surface area contributed by atoms with Crippen molar-refractivity contribution in [1.82, 2.24) is 9.80 Å². The Morgan fingerprint density at radius 2 is 1.74 bits per heavy atom. The van der Waals surface area contributed by atoms with E-state index in [0.717, 1.165) is 31.7 Å². The lowest BCUT2D eigenvalue weighted by Crippen LogP contribution is -2.43. The molecule has 0 saturated carbocycles. The zero-order chi connectivity index (χ0) is 22.1. The molecule has 0 spiro atoms. The van der Waals surface area contributed by atoms with E-state index in [9.17, 15) is 9.90 Å². The monoisotopic (exact) mass is 424 g/mol. The van der Waals surface area contributed by atoms with Crippen molar-refractivity contribution in [3.8, 4) is 28.4 Å². The third-order valence-corrected chi connectivity index (χ3v) is 5.97. The Morgan fingerprint density at radius 3 is 2.35 bits per heavy atom. The number of nitrogens with zero attached hydrogens (tertiary/aromatic N) is 2. The summed E-state index contributed by atoms with van der Waals surface area (Å²) in [7, 11) is 5.19. The van der Waals surface area contributed by atoms with E-state index in [1.807, 2.05) is 24.3 Å². The van der Waals surface area contributed by atoms with Crippen molar-refractivity contribution in [3.63, 3.8) is 0 Å². The zero-order valence-corrected chi connectivity index (χ0v) is 18.4. The van der Waals surface area contributed by atoms with Gasteiger partial charge in [0.15, 0.2) is 11.5 Å². The molecule has 0 aliphatic carbocycles. The van der Waals surface area contributed by atoms with Crippen molar-refractivity contribution in [2.75, 3.05) is 47.4 Å². The second-order valence-corrected chi connectivity index (χ2v) is 7.95. The summed E-state index contributed by atoms with van der Waals surface area (Å²) in [6.45, 7) is 5.92. The summed E-state index contributed by atoms with van der Waals surface area (Å²) in [5.74, 6) is 1.52. The van der Waals surface area contributed by atoms with Gasteiger partial charge in [-0.1, -0.05) is 12.1 Å². The van der Waals surface area contributed by atoms with E-state index in [1.54, 1.807) is 20.1 Å². The number of piperazine rings is 1. The highest BCUT2D eigenvalue weighted by molar-refractivity contribution is 5.88. The molecule has 0 radical (unpaired) electrons. The van der Waals surface area contributed by atoms with Gasteiger partial charge in [-0.05, 0) is 37.7 Å². The molecule has 1 aromatic heterocycles. The van der Waals surface area contributed by atoms with Gasteiger partial charge in [-0.2, -0.15) is 0 Å². The Morgan fingerprint density at radius 1 is 1.06 bits per heavy atom. The van der Waals surface area contributed by atoms with Gasteiger partial charge in [-0.3, -0.25) is 9.69 Å². The van der Waals surface area contributed by atoms with Crippen LogP contribution in [0.15, 0.2) is 39.5 Å². The number of rotatable bonds is 5. The highest BCUT2D eigenvalue weighted by Gasteiger charge is 2.24. The fraction of sp³-hybridized carbons (Fsp3) is 0.375. The zero-order valence-electron chi connectivity index (χ0n) is 18.4. The van der Waals surface area contributed by atoms with Crippen molar-refractivity contribution >= 4 is 11.0 Å². The van der Waals surface area contributed by atoms with Gasteiger partial charge >= 0.3 is 0 Å². The Balaban J connectivity index is 1.86. The van der Waals surface area contributed by atoms with E-state index in [1.165, 1.54) is 7.11 Å². The van der Waals surface area contributed by atoms with Crippen molar-refractivity contribution in [3.05, 3.63) is 51.9 Å². The van der Waals surface area contributed by atoms with E-state index < -0.39 is 0 Å². The molecular weight excluding hydrogens is 396 g/mol. The average Bonchev–Trinajstić information content (AvgIpc) is 2.77. The van der Waals surface area contributed by atoms with E-state index in [4.69, 9.17) is 13.9 Å². The molecule has 2 aromatic carbocycles. The third-order valence-electron chi connectivity index (χ3n) is 5.97. The third kappa shape index (κ3) is 3.98. The van der Waals surface area contributed by atoms with Gasteiger partial charge in [0, 0.05) is 32.7 Å². The van der Waals surface area contributed by atoms with Crippen LogP contribution in [0.25, 0.3) is 22.1 Å². The van der Waals surface area contributed by atoms with E-state index in [0.29, 0.717) is 40.2 Å². The molecule has 4 rings (SSSR count). The Labute approximate surface area is 181 Å². The van der Waals surface area contributed by atoms with Crippen LogP contribution in [0.5, 0.6) is 17.2 Å². The number of hydrogen-bond acceptors (Lipinski definition) is 7. The summed E-state index contributed by atoms with van der Waals surface area (Å²) in [6, 6.07) is 8.87. The lowest BCUT2D eigenvalue weighted by molar-refractivity contribution is 0.147. The molecular formula is C24H28N2O5. The number of aryl methyl sites for hydroxylation is 1. The number of methoxy groups -OCH3 is 2. The Kier molecular flexibility index (Phi) is 5.89. The fourth-order valence-corrected chi connectivity index (χ4v) is 4.09. The van der Waals surface area contributed by atoms with Crippen molar-refractivity contribution in [2.45, 2.75) is 13.5 Å². The summed E-state index contributed by atoms with van der Waals surface area (Å²) < 4.78 is 16.8. The van der Waals surface area contributed by atoms with Crippen LogP contribution in [0.3, 0.4) is 0 Å². The maximum absolute atomic E-state index is 13.5. The molecule has 0 atom stereocenters. The summed E-state index contributed by atoms with van der Waals surface area (Å²) in [6.07, 6.45) is 0. The van der Waals surface area contributed by atoms with Crippen molar-refractivity contribution in [2.24, 2.45) is 0 Å². The van der Waals surface area contributed by atoms with Gasteiger partial charge in [0.25, 0.3) is 0 Å². The van der Waals surface area contributed by atoms with Crippen LogP contribution < -0.4 is 14.9 Å². The van der Waals surface area contributed by atoms with E-state index in [-0.39, 0.29) is 16.9 Å². The number of benzene rings is 2. The maximum atomic E-state index is 13.5. The highest BCUT2D eigenvalue weighted by atomic mass is 16.5. The molecule has 0 amide bonds. The van der Waals surface area contributed by atoms with Crippen LogP contribution >= 0.6 is 0 Å². The number of likely N-dealkylation sites (N-methyl/N-ethyl adjacent to an activating group) is 1. The fourth-order valence-electron chi connectivity index (χ4n) is 4.09. The molecule has 2 heterocycles. The largest absolute Gasteiger partial charge is 0.504 e. The highest BCUT2D eigenvalue weighted by Crippen LogP contribution is 2.38. The molecule has 1 N–H and O–H groups in total. The molecule has 1 saturated heterocycles. The lowest BCUT2D eigenvalue weighted by Gasteiger charge is -2.32. The summed E-state index contributed by atoms with van der Waals surface area (Å²) in [4.78, 5) is 18.0. The number of ether oxygens (including phenoxy) is 2. The standard InChI is InChI=1S/C24H28N2O5/c1-15-21(16-5-7-17(29-3)8-6-16)23(28)18-13-20(30-4)22(27)19(24(18)31-15)14-26-11-9-25(2)10-12-26/h5-8,13,27H,9-12,14H2,1-4H3. The molecule has 0 unspecified atom stereocenters. The first kappa shape index (κ1) is 21.2. The number of hydrogen-bond donors (Lipinski definition) is 1. The number of phenolic OH excluding ortho intramolecular Hbond substituents is 1. The molecule has 1 fully saturated rings. The minimum absolute atomic E-state index is 0.0219. The van der Waals surface area contributed by atoms with Gasteiger partial charge in [0.2, 0.25) is 5.43 Å². The van der Waals surface area contributed by atoms with Crippen LogP contribution in [-0.2, 0) is 6.54 Å². The maximum Gasteiger partial charge on any atom is 0.200 e. The smallest absolute Gasteiger partial charge is 0.200 e. The van der Waals surface area contributed by atoms with Crippen LogP contribution in [0.1, 0.15) is 11.3 Å². The molecule has 31 heavy (non-hydrogen) atoms. The van der Waals surface area contributed by atoms with Crippen LogP contribution in [0, 0.1) is 6.92 Å². The lowest BCUT2D eigenvalue weighted by atomic mass is 10.00. The van der Waals surface area contributed by atoms with Crippen LogP contribution in [-0.4, -0.2) is 62.4 Å². The van der Waals surface area contributed by atoms with Gasteiger partial charge in [-0.15, -0.1) is 0 Å². The quantitative estimate of drug-likeness (QED) is 0.674. The van der Waals surface area contributed by atoms with Crippen molar-refractivity contribution in [1.29, 1.82) is 0 Å². The minimum Gasteiger partial charge on any atom is -0.504 e. The second-order valence-electron chi connectivity index (χ2n) is 7.95. The average molecular weight is 424 g/mol. The predicted molar refractivity (Wildman–Crippen MR) is 120 cm³/mol.